The molecule has 0 spiro atoms. The molecule has 1 aromatic heterocycles. The summed E-state index contributed by atoms with van der Waals surface area (Å²) < 4.78 is 43.3. The summed E-state index contributed by atoms with van der Waals surface area (Å²) in [5.74, 6) is -0.712. The molecular weight excluding hydrogens is 325 g/mol. The molecule has 2 rings (SSSR count). The standard InChI is InChI=1S/C16H15F3N2O3/c1-10(24-9-11-5-3-2-4-6-11)14(22)21-13-7-12(16(17,18)19)8-20-15(13)23/h2-8,10H,9H2,1H3,(H,20,23)(H,21,22)/t10-/m0/s1. The average molecular weight is 340 g/mol. The Kier molecular flexibility index (Phi) is 5.40. The minimum atomic E-state index is -4.63. The molecular formula is C16H15F3N2O3. The monoisotopic (exact) mass is 340 g/mol. The predicted octanol–water partition coefficient (Wildman–Crippen LogP) is 2.94. The summed E-state index contributed by atoms with van der Waals surface area (Å²) in [7, 11) is 0. The number of carbonyl (C=O) groups excluding carboxylic acids is 1. The largest absolute Gasteiger partial charge is 0.417 e. The average Bonchev–Trinajstić information content (AvgIpc) is 2.54. The van der Waals surface area contributed by atoms with Crippen LogP contribution in [0.1, 0.15) is 18.1 Å². The number of hydrogen-bond acceptors (Lipinski definition) is 3. The maximum atomic E-state index is 12.6. The van der Waals surface area contributed by atoms with Gasteiger partial charge in [-0.1, -0.05) is 30.3 Å². The summed E-state index contributed by atoms with van der Waals surface area (Å²) in [5, 5.41) is 2.15. The molecule has 2 aromatic rings. The van der Waals surface area contributed by atoms with Crippen molar-refractivity contribution in [2.45, 2.75) is 25.8 Å². The molecule has 1 amide bonds. The molecule has 0 aliphatic heterocycles. The van der Waals surface area contributed by atoms with Crippen molar-refractivity contribution >= 4 is 11.6 Å². The van der Waals surface area contributed by atoms with Crippen LogP contribution < -0.4 is 10.9 Å². The third kappa shape index (κ3) is 4.69. The SMILES string of the molecule is C[C@H](OCc1ccccc1)C(=O)Nc1cc(C(F)(F)F)c[nH]c1=O. The molecule has 1 atom stereocenters. The first-order valence-electron chi connectivity index (χ1n) is 7.03. The number of alkyl halides is 3. The maximum Gasteiger partial charge on any atom is 0.417 e. The third-order valence-corrected chi connectivity index (χ3v) is 3.20. The summed E-state index contributed by atoms with van der Waals surface area (Å²) in [6.45, 7) is 1.61. The molecule has 1 aromatic carbocycles. The summed E-state index contributed by atoms with van der Waals surface area (Å²) >= 11 is 0. The van der Waals surface area contributed by atoms with Gasteiger partial charge < -0.3 is 15.0 Å². The van der Waals surface area contributed by atoms with E-state index in [0.29, 0.717) is 12.3 Å². The number of carbonyl (C=O) groups is 1. The Morgan fingerprint density at radius 2 is 1.96 bits per heavy atom. The first-order chi connectivity index (χ1) is 11.3. The molecule has 1 heterocycles. The predicted molar refractivity (Wildman–Crippen MR) is 81.4 cm³/mol. The second kappa shape index (κ2) is 7.31. The smallest absolute Gasteiger partial charge is 0.364 e. The number of anilines is 1. The van der Waals surface area contributed by atoms with Crippen LogP contribution in [0.5, 0.6) is 0 Å². The number of rotatable bonds is 5. The number of ether oxygens (including phenoxy) is 1. The molecule has 5 nitrogen and oxygen atoms in total. The lowest BCUT2D eigenvalue weighted by Crippen LogP contribution is -2.30. The van der Waals surface area contributed by atoms with E-state index in [9.17, 15) is 22.8 Å². The van der Waals surface area contributed by atoms with E-state index in [1.54, 1.807) is 0 Å². The number of aromatic nitrogens is 1. The molecule has 0 unspecified atom stereocenters. The lowest BCUT2D eigenvalue weighted by atomic mass is 10.2. The molecule has 0 saturated carbocycles. The van der Waals surface area contributed by atoms with Crippen molar-refractivity contribution in [1.29, 1.82) is 0 Å². The van der Waals surface area contributed by atoms with Gasteiger partial charge in [0.25, 0.3) is 11.5 Å². The summed E-state index contributed by atoms with van der Waals surface area (Å²) in [5.41, 5.74) is -1.53. The van der Waals surface area contributed by atoms with Gasteiger partial charge in [0.15, 0.2) is 0 Å². The Hall–Kier alpha value is -2.61. The van der Waals surface area contributed by atoms with Crippen LogP contribution in [-0.4, -0.2) is 17.0 Å². The molecule has 0 radical (unpaired) electrons. The summed E-state index contributed by atoms with van der Waals surface area (Å²) in [6.07, 6.45) is -5.02. The highest BCUT2D eigenvalue weighted by Gasteiger charge is 2.31. The highest BCUT2D eigenvalue weighted by molar-refractivity contribution is 5.93. The number of H-pyrrole nitrogens is 1. The van der Waals surface area contributed by atoms with Crippen LogP contribution in [0, 0.1) is 0 Å². The van der Waals surface area contributed by atoms with E-state index in [4.69, 9.17) is 4.74 Å². The molecule has 0 fully saturated rings. The van der Waals surface area contributed by atoms with Crippen molar-refractivity contribution in [2.75, 3.05) is 5.32 Å². The Morgan fingerprint density at radius 1 is 1.29 bits per heavy atom. The normalized spacial score (nSPS) is 12.7. The van der Waals surface area contributed by atoms with E-state index < -0.39 is 35.0 Å². The first-order valence-corrected chi connectivity index (χ1v) is 7.03. The zero-order valence-electron chi connectivity index (χ0n) is 12.7. The van der Waals surface area contributed by atoms with Crippen LogP contribution in [0.2, 0.25) is 0 Å². The van der Waals surface area contributed by atoms with Crippen LogP contribution in [0.3, 0.4) is 0 Å². The number of hydrogen-bond donors (Lipinski definition) is 2. The molecule has 0 bridgehead atoms. The highest BCUT2D eigenvalue weighted by Crippen LogP contribution is 2.29. The van der Waals surface area contributed by atoms with Gasteiger partial charge in [0.1, 0.15) is 11.8 Å². The van der Waals surface area contributed by atoms with Crippen molar-refractivity contribution in [3.63, 3.8) is 0 Å². The van der Waals surface area contributed by atoms with Crippen molar-refractivity contribution in [3.8, 4) is 0 Å². The van der Waals surface area contributed by atoms with Crippen LogP contribution >= 0.6 is 0 Å². The number of pyridine rings is 1. The van der Waals surface area contributed by atoms with E-state index in [-0.39, 0.29) is 6.61 Å². The van der Waals surface area contributed by atoms with Crippen molar-refractivity contribution in [3.05, 3.63) is 64.1 Å². The second-order valence-electron chi connectivity index (χ2n) is 5.06. The number of nitrogens with one attached hydrogen (secondary N) is 2. The van der Waals surface area contributed by atoms with Gasteiger partial charge in [-0.05, 0) is 18.6 Å². The van der Waals surface area contributed by atoms with Crippen LogP contribution in [-0.2, 0) is 22.3 Å². The molecule has 8 heteroatoms. The van der Waals surface area contributed by atoms with Crippen LogP contribution in [0.25, 0.3) is 0 Å². The van der Waals surface area contributed by atoms with Crippen molar-refractivity contribution in [2.24, 2.45) is 0 Å². The minimum absolute atomic E-state index is 0.161. The number of halogens is 3. The third-order valence-electron chi connectivity index (χ3n) is 3.20. The minimum Gasteiger partial charge on any atom is -0.364 e. The van der Waals surface area contributed by atoms with E-state index in [1.807, 2.05) is 35.3 Å². The quantitative estimate of drug-likeness (QED) is 0.879. The fourth-order valence-corrected chi connectivity index (χ4v) is 1.85. The van der Waals surface area contributed by atoms with Gasteiger partial charge in [0.05, 0.1) is 12.2 Å². The highest BCUT2D eigenvalue weighted by atomic mass is 19.4. The van der Waals surface area contributed by atoms with E-state index in [0.717, 1.165) is 5.56 Å². The van der Waals surface area contributed by atoms with E-state index in [1.165, 1.54) is 6.92 Å². The zero-order chi connectivity index (χ0) is 17.7. The Bertz CT molecular complexity index is 757. The zero-order valence-corrected chi connectivity index (χ0v) is 12.7. The number of benzene rings is 1. The van der Waals surface area contributed by atoms with Crippen LogP contribution in [0.15, 0.2) is 47.4 Å². The van der Waals surface area contributed by atoms with Gasteiger partial charge >= 0.3 is 6.18 Å². The first kappa shape index (κ1) is 17.7. The van der Waals surface area contributed by atoms with Gasteiger partial charge in [0.2, 0.25) is 0 Å². The van der Waals surface area contributed by atoms with E-state index >= 15 is 0 Å². The maximum absolute atomic E-state index is 12.6. The Morgan fingerprint density at radius 3 is 2.58 bits per heavy atom. The lowest BCUT2D eigenvalue weighted by molar-refractivity contribution is -0.138. The fourth-order valence-electron chi connectivity index (χ4n) is 1.85. The van der Waals surface area contributed by atoms with Gasteiger partial charge in [0, 0.05) is 6.20 Å². The van der Waals surface area contributed by atoms with E-state index in [2.05, 4.69) is 5.32 Å². The molecule has 0 aliphatic rings. The van der Waals surface area contributed by atoms with Gasteiger partial charge in [-0.2, -0.15) is 13.2 Å². The molecule has 128 valence electrons. The van der Waals surface area contributed by atoms with Crippen molar-refractivity contribution < 1.29 is 22.7 Å². The topological polar surface area (TPSA) is 71.2 Å². The number of amides is 1. The van der Waals surface area contributed by atoms with Crippen molar-refractivity contribution in [1.82, 2.24) is 4.98 Å². The number of aromatic amines is 1. The molecule has 0 saturated heterocycles. The summed E-state index contributed by atoms with van der Waals surface area (Å²) in [4.78, 5) is 25.5. The molecule has 2 N–H and O–H groups in total. The summed E-state index contributed by atoms with van der Waals surface area (Å²) in [6, 6.07) is 9.65. The lowest BCUT2D eigenvalue weighted by Gasteiger charge is -2.14. The van der Waals surface area contributed by atoms with Crippen LogP contribution in [0.4, 0.5) is 18.9 Å². The van der Waals surface area contributed by atoms with Gasteiger partial charge in [-0.25, -0.2) is 0 Å². The Labute approximate surface area is 135 Å². The van der Waals surface area contributed by atoms with Gasteiger partial charge in [-0.3, -0.25) is 9.59 Å². The fraction of sp³-hybridized carbons (Fsp3) is 0.250. The molecule has 24 heavy (non-hydrogen) atoms. The molecule has 0 aliphatic carbocycles. The second-order valence-corrected chi connectivity index (χ2v) is 5.06. The Balaban J connectivity index is 2.02. The van der Waals surface area contributed by atoms with Gasteiger partial charge in [-0.15, -0.1) is 0 Å².